The number of halogens is 1. The van der Waals surface area contributed by atoms with Crippen molar-refractivity contribution in [3.8, 4) is 0 Å². The van der Waals surface area contributed by atoms with Crippen LogP contribution >= 0.6 is 27.7 Å². The Bertz CT molecular complexity index is 302. The van der Waals surface area contributed by atoms with Gasteiger partial charge in [-0.1, -0.05) is 0 Å². The fraction of sp³-hybridized carbons (Fsp3) is 0.556. The molecule has 1 aliphatic heterocycles. The Morgan fingerprint density at radius 3 is 3.21 bits per heavy atom. The van der Waals surface area contributed by atoms with E-state index in [0.29, 0.717) is 6.04 Å². The molecule has 1 atom stereocenters. The van der Waals surface area contributed by atoms with Crippen LogP contribution in [0.5, 0.6) is 0 Å². The van der Waals surface area contributed by atoms with Crippen molar-refractivity contribution in [3.05, 3.63) is 17.0 Å². The number of rotatable bonds is 2. The Morgan fingerprint density at radius 1 is 1.57 bits per heavy atom. The van der Waals surface area contributed by atoms with E-state index >= 15 is 0 Å². The Balaban J connectivity index is 1.99. The summed E-state index contributed by atoms with van der Waals surface area (Å²) < 4.78 is 0.940. The second-order valence-electron chi connectivity index (χ2n) is 3.28. The van der Waals surface area contributed by atoms with Gasteiger partial charge in [0.05, 0.1) is 4.47 Å². The Kier molecular flexibility index (Phi) is 3.64. The van der Waals surface area contributed by atoms with Gasteiger partial charge in [-0.05, 0) is 34.5 Å². The van der Waals surface area contributed by atoms with E-state index in [9.17, 15) is 0 Å². The van der Waals surface area contributed by atoms with Gasteiger partial charge in [0, 0.05) is 18.0 Å². The number of aromatic nitrogens is 2. The SMILES string of the molecule is Brc1cncnc1NC1CCCSC1. The van der Waals surface area contributed by atoms with Crippen molar-refractivity contribution in [2.75, 3.05) is 16.8 Å². The summed E-state index contributed by atoms with van der Waals surface area (Å²) in [6.45, 7) is 0. The lowest BCUT2D eigenvalue weighted by atomic mass is 10.2. The zero-order chi connectivity index (χ0) is 9.80. The molecular formula is C9H12BrN3S. The van der Waals surface area contributed by atoms with Crippen LogP contribution in [0.3, 0.4) is 0 Å². The molecule has 2 rings (SSSR count). The van der Waals surface area contributed by atoms with E-state index in [1.807, 2.05) is 11.8 Å². The Labute approximate surface area is 96.2 Å². The highest BCUT2D eigenvalue weighted by molar-refractivity contribution is 9.10. The molecule has 14 heavy (non-hydrogen) atoms. The Hall–Kier alpha value is -0.290. The summed E-state index contributed by atoms with van der Waals surface area (Å²) in [6, 6.07) is 0.556. The first kappa shape index (κ1) is 10.2. The summed E-state index contributed by atoms with van der Waals surface area (Å²) in [5.74, 6) is 3.38. The predicted octanol–water partition coefficient (Wildman–Crippen LogP) is 2.55. The standard InChI is InChI=1S/C9H12BrN3S/c10-8-4-11-6-12-9(8)13-7-2-1-3-14-5-7/h4,6-7H,1-3,5H2,(H,11,12,13). The third kappa shape index (κ3) is 2.60. The minimum absolute atomic E-state index is 0.556. The second kappa shape index (κ2) is 4.98. The summed E-state index contributed by atoms with van der Waals surface area (Å²) in [4.78, 5) is 8.13. The monoisotopic (exact) mass is 273 g/mol. The van der Waals surface area contributed by atoms with Crippen LogP contribution in [0.4, 0.5) is 5.82 Å². The highest BCUT2D eigenvalue weighted by atomic mass is 79.9. The maximum atomic E-state index is 4.19. The van der Waals surface area contributed by atoms with Gasteiger partial charge in [-0.15, -0.1) is 0 Å². The number of thioether (sulfide) groups is 1. The van der Waals surface area contributed by atoms with Crippen LogP contribution in [0.15, 0.2) is 17.0 Å². The average Bonchev–Trinajstić information content (AvgIpc) is 2.23. The summed E-state index contributed by atoms with van der Waals surface area (Å²) in [7, 11) is 0. The van der Waals surface area contributed by atoms with E-state index in [1.54, 1.807) is 12.5 Å². The normalized spacial score (nSPS) is 21.9. The maximum Gasteiger partial charge on any atom is 0.143 e. The topological polar surface area (TPSA) is 37.8 Å². The van der Waals surface area contributed by atoms with Crippen molar-refractivity contribution in [1.29, 1.82) is 0 Å². The lowest BCUT2D eigenvalue weighted by Crippen LogP contribution is -2.26. The van der Waals surface area contributed by atoms with Gasteiger partial charge in [0.25, 0.3) is 0 Å². The minimum Gasteiger partial charge on any atom is -0.365 e. The molecule has 2 heterocycles. The molecule has 1 aliphatic rings. The molecule has 1 N–H and O–H groups in total. The van der Waals surface area contributed by atoms with Gasteiger partial charge in [0.2, 0.25) is 0 Å². The minimum atomic E-state index is 0.556. The summed E-state index contributed by atoms with van der Waals surface area (Å²) in [5.41, 5.74) is 0. The van der Waals surface area contributed by atoms with Gasteiger partial charge in [-0.3, -0.25) is 0 Å². The smallest absolute Gasteiger partial charge is 0.143 e. The number of hydrogen-bond acceptors (Lipinski definition) is 4. The molecule has 0 bridgehead atoms. The maximum absolute atomic E-state index is 4.19. The van der Waals surface area contributed by atoms with Crippen LogP contribution in [-0.4, -0.2) is 27.5 Å². The van der Waals surface area contributed by atoms with E-state index in [0.717, 1.165) is 10.3 Å². The number of nitrogens with one attached hydrogen (secondary N) is 1. The van der Waals surface area contributed by atoms with Crippen LogP contribution in [0.25, 0.3) is 0 Å². The molecule has 1 fully saturated rings. The quantitative estimate of drug-likeness (QED) is 0.899. The molecule has 0 amide bonds. The van der Waals surface area contributed by atoms with Crippen molar-refractivity contribution in [3.63, 3.8) is 0 Å². The van der Waals surface area contributed by atoms with Crippen molar-refractivity contribution >= 4 is 33.5 Å². The summed E-state index contributed by atoms with van der Waals surface area (Å²) in [6.07, 6.45) is 5.88. The van der Waals surface area contributed by atoms with Gasteiger partial charge < -0.3 is 5.32 Å². The zero-order valence-corrected chi connectivity index (χ0v) is 10.1. The van der Waals surface area contributed by atoms with Crippen LogP contribution in [-0.2, 0) is 0 Å². The van der Waals surface area contributed by atoms with Crippen molar-refractivity contribution in [2.45, 2.75) is 18.9 Å². The fourth-order valence-corrected chi connectivity index (χ4v) is 2.87. The fourth-order valence-electron chi connectivity index (χ4n) is 1.47. The first-order chi connectivity index (χ1) is 6.86. The first-order valence-corrected chi connectivity index (χ1v) is 6.61. The van der Waals surface area contributed by atoms with E-state index in [2.05, 4.69) is 31.2 Å². The highest BCUT2D eigenvalue weighted by Crippen LogP contribution is 2.23. The van der Waals surface area contributed by atoms with Gasteiger partial charge in [-0.2, -0.15) is 11.8 Å². The zero-order valence-electron chi connectivity index (χ0n) is 7.74. The lowest BCUT2D eigenvalue weighted by Gasteiger charge is -2.23. The predicted molar refractivity (Wildman–Crippen MR) is 63.7 cm³/mol. The Morgan fingerprint density at radius 2 is 2.50 bits per heavy atom. The van der Waals surface area contributed by atoms with Gasteiger partial charge in [0.15, 0.2) is 0 Å². The van der Waals surface area contributed by atoms with Gasteiger partial charge in [-0.25, -0.2) is 9.97 Å². The van der Waals surface area contributed by atoms with Crippen LogP contribution in [0, 0.1) is 0 Å². The van der Waals surface area contributed by atoms with E-state index < -0.39 is 0 Å². The van der Waals surface area contributed by atoms with Crippen LogP contribution in [0.2, 0.25) is 0 Å². The third-order valence-electron chi connectivity index (χ3n) is 2.17. The molecule has 1 saturated heterocycles. The van der Waals surface area contributed by atoms with E-state index in [1.165, 1.54) is 24.3 Å². The molecule has 0 saturated carbocycles. The van der Waals surface area contributed by atoms with Crippen molar-refractivity contribution < 1.29 is 0 Å². The number of hydrogen-bond donors (Lipinski definition) is 1. The molecule has 0 radical (unpaired) electrons. The van der Waals surface area contributed by atoms with E-state index in [4.69, 9.17) is 0 Å². The molecule has 1 unspecified atom stereocenters. The molecular weight excluding hydrogens is 262 g/mol. The molecule has 5 heteroatoms. The number of nitrogens with zero attached hydrogens (tertiary/aromatic N) is 2. The summed E-state index contributed by atoms with van der Waals surface area (Å²) >= 11 is 5.44. The molecule has 76 valence electrons. The molecule has 1 aromatic rings. The third-order valence-corrected chi connectivity index (χ3v) is 3.96. The van der Waals surface area contributed by atoms with Gasteiger partial charge in [0.1, 0.15) is 12.1 Å². The van der Waals surface area contributed by atoms with E-state index in [-0.39, 0.29) is 0 Å². The van der Waals surface area contributed by atoms with Crippen molar-refractivity contribution in [2.24, 2.45) is 0 Å². The molecule has 0 aliphatic carbocycles. The number of anilines is 1. The summed E-state index contributed by atoms with van der Waals surface area (Å²) in [5, 5.41) is 3.43. The highest BCUT2D eigenvalue weighted by Gasteiger charge is 2.14. The second-order valence-corrected chi connectivity index (χ2v) is 5.28. The molecule has 3 nitrogen and oxygen atoms in total. The van der Waals surface area contributed by atoms with Crippen LogP contribution in [0.1, 0.15) is 12.8 Å². The largest absolute Gasteiger partial charge is 0.365 e. The average molecular weight is 274 g/mol. The lowest BCUT2D eigenvalue weighted by molar-refractivity contribution is 0.681. The van der Waals surface area contributed by atoms with Crippen LogP contribution < -0.4 is 5.32 Å². The van der Waals surface area contributed by atoms with Crippen molar-refractivity contribution in [1.82, 2.24) is 9.97 Å². The molecule has 0 spiro atoms. The first-order valence-electron chi connectivity index (χ1n) is 4.66. The molecule has 0 aromatic carbocycles. The molecule has 1 aromatic heterocycles. The van der Waals surface area contributed by atoms with Gasteiger partial charge >= 0.3 is 0 Å².